The van der Waals surface area contributed by atoms with E-state index in [0.717, 1.165) is 17.7 Å². The number of aliphatic hydroxyl groups is 1. The molecule has 8 heteroatoms. The lowest BCUT2D eigenvalue weighted by Crippen LogP contribution is -2.16. The Morgan fingerprint density at radius 1 is 1.00 bits per heavy atom. The van der Waals surface area contributed by atoms with E-state index in [0.29, 0.717) is 5.69 Å². The molecule has 0 heterocycles. The highest BCUT2D eigenvalue weighted by Gasteiger charge is 2.30. The average Bonchev–Trinajstić information content (AvgIpc) is 2.49. The topological polar surface area (TPSA) is 67.5 Å². The van der Waals surface area contributed by atoms with Gasteiger partial charge in [-0.2, -0.15) is 0 Å². The zero-order valence-corrected chi connectivity index (χ0v) is 12.4. The number of ether oxygens (including phenoxy) is 1. The molecule has 0 aliphatic rings. The van der Waals surface area contributed by atoms with Crippen molar-refractivity contribution in [2.45, 2.75) is 11.3 Å². The van der Waals surface area contributed by atoms with Gasteiger partial charge in [-0.25, -0.2) is 0 Å². The lowest BCUT2D eigenvalue weighted by atomic mass is 10.3. The summed E-state index contributed by atoms with van der Waals surface area (Å²) in [6.07, 6.45) is -4.67. The van der Waals surface area contributed by atoms with E-state index >= 15 is 0 Å². The van der Waals surface area contributed by atoms with Gasteiger partial charge in [-0.1, -0.05) is 0 Å². The molecule has 0 atom stereocenters. The summed E-state index contributed by atoms with van der Waals surface area (Å²) in [5.74, 6) is -0.241. The average molecular weight is 332 g/mol. The minimum atomic E-state index is -4.67. The Bertz CT molecular complexity index is 560. The lowest BCUT2D eigenvalue weighted by Gasteiger charge is -2.09. The van der Waals surface area contributed by atoms with Gasteiger partial charge in [0.25, 0.3) is 0 Å². The van der Waals surface area contributed by atoms with Gasteiger partial charge in [0.2, 0.25) is 0 Å². The monoisotopic (exact) mass is 332 g/mol. The predicted molar refractivity (Wildman–Crippen MR) is 81.6 cm³/mol. The van der Waals surface area contributed by atoms with Gasteiger partial charge < -0.3 is 20.3 Å². The molecular formula is C14H15F3N2O2S. The fourth-order valence-corrected chi connectivity index (χ4v) is 2.02. The molecule has 4 N–H and O–H groups in total. The van der Waals surface area contributed by atoms with E-state index in [2.05, 4.69) is 9.46 Å². The number of alkyl halides is 3. The van der Waals surface area contributed by atoms with E-state index in [1.54, 1.807) is 12.1 Å². The van der Waals surface area contributed by atoms with Crippen LogP contribution in [0.1, 0.15) is 0 Å². The van der Waals surface area contributed by atoms with Crippen LogP contribution in [-0.2, 0) is 0 Å². The zero-order chi connectivity index (χ0) is 16.6. The molecule has 4 nitrogen and oxygen atoms in total. The summed E-state index contributed by atoms with van der Waals surface area (Å²) in [6.45, 7) is 0. The van der Waals surface area contributed by atoms with Crippen LogP contribution < -0.4 is 15.2 Å². The molecule has 2 aromatic rings. The standard InChI is InChI=1S/C13H11F3N2OS.CH4O/c14-13(15,16)19-11-5-7-12(8-6-11)20-18-10-3-1-9(17)2-4-10;1-2/h1-8,18H,17H2;2H,1H3. The highest BCUT2D eigenvalue weighted by atomic mass is 32.2. The number of nitrogen functional groups attached to an aromatic ring is 1. The zero-order valence-electron chi connectivity index (χ0n) is 11.6. The smallest absolute Gasteiger partial charge is 0.406 e. The van der Waals surface area contributed by atoms with Gasteiger partial charge in [0.05, 0.1) is 0 Å². The van der Waals surface area contributed by atoms with Crippen LogP contribution in [0.3, 0.4) is 0 Å². The Labute approximate surface area is 130 Å². The molecule has 0 radical (unpaired) electrons. The predicted octanol–water partition coefficient (Wildman–Crippen LogP) is 3.90. The molecule has 0 saturated carbocycles. The van der Waals surface area contributed by atoms with Crippen LogP contribution in [0.15, 0.2) is 53.4 Å². The molecule has 0 amide bonds. The van der Waals surface area contributed by atoms with Crippen LogP contribution in [0.5, 0.6) is 5.75 Å². The normalized spacial score (nSPS) is 10.4. The molecule has 0 aromatic heterocycles. The van der Waals surface area contributed by atoms with Crippen molar-refractivity contribution < 1.29 is 23.0 Å². The summed E-state index contributed by atoms with van der Waals surface area (Å²) < 4.78 is 42.8. The Kier molecular flexibility index (Phi) is 6.87. The van der Waals surface area contributed by atoms with E-state index in [1.165, 1.54) is 36.2 Å². The van der Waals surface area contributed by atoms with E-state index in [-0.39, 0.29) is 5.75 Å². The Balaban J connectivity index is 0.00000116. The van der Waals surface area contributed by atoms with Crippen LogP contribution in [0.4, 0.5) is 24.5 Å². The maximum Gasteiger partial charge on any atom is 0.573 e. The highest BCUT2D eigenvalue weighted by Crippen LogP contribution is 2.26. The van der Waals surface area contributed by atoms with Gasteiger partial charge in [0.1, 0.15) is 5.75 Å². The van der Waals surface area contributed by atoms with E-state index < -0.39 is 6.36 Å². The number of hydrogen-bond acceptors (Lipinski definition) is 5. The molecule has 0 aliphatic carbocycles. The van der Waals surface area contributed by atoms with Crippen LogP contribution in [0, 0.1) is 0 Å². The second kappa shape index (κ2) is 8.40. The number of nitrogens with two attached hydrogens (primary N) is 1. The van der Waals surface area contributed by atoms with Gasteiger partial charge in [0, 0.05) is 23.4 Å². The lowest BCUT2D eigenvalue weighted by molar-refractivity contribution is -0.274. The second-order valence-corrected chi connectivity index (χ2v) is 4.72. The van der Waals surface area contributed by atoms with Crippen molar-refractivity contribution in [2.24, 2.45) is 0 Å². The number of aliphatic hydroxyl groups excluding tert-OH is 1. The first-order chi connectivity index (χ1) is 10.4. The fourth-order valence-electron chi connectivity index (χ4n) is 1.38. The third kappa shape index (κ3) is 6.59. The minimum Gasteiger partial charge on any atom is -0.406 e. The Hall–Kier alpha value is -2.06. The molecular weight excluding hydrogens is 317 g/mol. The number of hydrogen-bond donors (Lipinski definition) is 3. The van der Waals surface area contributed by atoms with Gasteiger partial charge in [-0.05, 0) is 60.5 Å². The SMILES string of the molecule is CO.Nc1ccc(NSc2ccc(OC(F)(F)F)cc2)cc1. The first kappa shape index (κ1) is 18.0. The summed E-state index contributed by atoms with van der Waals surface area (Å²) in [7, 11) is 1.00. The molecule has 2 aromatic carbocycles. The maximum absolute atomic E-state index is 12.0. The van der Waals surface area contributed by atoms with Crippen molar-refractivity contribution in [3.05, 3.63) is 48.5 Å². The highest BCUT2D eigenvalue weighted by molar-refractivity contribution is 8.00. The molecule has 0 spiro atoms. The fraction of sp³-hybridized carbons (Fsp3) is 0.143. The summed E-state index contributed by atoms with van der Waals surface area (Å²) in [5.41, 5.74) is 7.07. The molecule has 120 valence electrons. The van der Waals surface area contributed by atoms with Crippen LogP contribution in [-0.4, -0.2) is 18.6 Å². The van der Waals surface area contributed by atoms with Gasteiger partial charge in [0.15, 0.2) is 0 Å². The van der Waals surface area contributed by atoms with Crippen LogP contribution in [0.25, 0.3) is 0 Å². The van der Waals surface area contributed by atoms with Crippen LogP contribution in [0.2, 0.25) is 0 Å². The third-order valence-electron chi connectivity index (χ3n) is 2.25. The number of benzene rings is 2. The van der Waals surface area contributed by atoms with Crippen molar-refractivity contribution in [1.29, 1.82) is 0 Å². The van der Waals surface area contributed by atoms with E-state index in [1.807, 2.05) is 12.1 Å². The van der Waals surface area contributed by atoms with E-state index in [9.17, 15) is 13.2 Å². The first-order valence-electron chi connectivity index (χ1n) is 6.01. The summed E-state index contributed by atoms with van der Waals surface area (Å²) >= 11 is 1.28. The number of nitrogens with one attached hydrogen (secondary N) is 1. The summed E-state index contributed by atoms with van der Waals surface area (Å²) in [4.78, 5) is 0.761. The van der Waals surface area contributed by atoms with Crippen molar-refractivity contribution in [3.63, 3.8) is 0 Å². The van der Waals surface area contributed by atoms with Crippen molar-refractivity contribution >= 4 is 23.3 Å². The van der Waals surface area contributed by atoms with Crippen molar-refractivity contribution in [1.82, 2.24) is 0 Å². The Morgan fingerprint density at radius 2 is 1.55 bits per heavy atom. The second-order valence-electron chi connectivity index (χ2n) is 3.85. The number of halogens is 3. The van der Waals surface area contributed by atoms with E-state index in [4.69, 9.17) is 10.8 Å². The van der Waals surface area contributed by atoms with Crippen molar-refractivity contribution in [2.75, 3.05) is 17.6 Å². The van der Waals surface area contributed by atoms with Crippen molar-refractivity contribution in [3.8, 4) is 5.75 Å². The minimum absolute atomic E-state index is 0.241. The van der Waals surface area contributed by atoms with Gasteiger partial charge in [-0.15, -0.1) is 13.2 Å². The number of anilines is 2. The van der Waals surface area contributed by atoms with Gasteiger partial charge >= 0.3 is 6.36 Å². The Morgan fingerprint density at radius 3 is 2.05 bits per heavy atom. The molecule has 2 rings (SSSR count). The first-order valence-corrected chi connectivity index (χ1v) is 6.83. The summed E-state index contributed by atoms with van der Waals surface area (Å²) in [6, 6.07) is 12.7. The molecule has 0 saturated heterocycles. The number of rotatable bonds is 4. The quantitative estimate of drug-likeness (QED) is 0.585. The molecule has 0 bridgehead atoms. The molecule has 0 unspecified atom stereocenters. The molecule has 22 heavy (non-hydrogen) atoms. The van der Waals surface area contributed by atoms with Crippen LogP contribution >= 0.6 is 11.9 Å². The maximum atomic E-state index is 12.0. The largest absolute Gasteiger partial charge is 0.573 e. The molecule has 0 aliphatic heterocycles. The summed E-state index contributed by atoms with van der Waals surface area (Å²) in [5, 5.41) is 7.00. The molecule has 0 fully saturated rings. The third-order valence-corrected chi connectivity index (χ3v) is 3.10. The van der Waals surface area contributed by atoms with Gasteiger partial charge in [-0.3, -0.25) is 0 Å².